The van der Waals surface area contributed by atoms with Crippen molar-refractivity contribution in [2.75, 3.05) is 18.1 Å². The topological polar surface area (TPSA) is 87.3 Å². The second-order valence-electron chi connectivity index (χ2n) is 6.83. The number of amides is 3. The molecule has 0 saturated carbocycles. The van der Waals surface area contributed by atoms with E-state index in [0.29, 0.717) is 24.6 Å². The van der Waals surface area contributed by atoms with Gasteiger partial charge in [0, 0.05) is 30.4 Å². The molecule has 8 heteroatoms. The van der Waals surface area contributed by atoms with E-state index in [1.165, 1.54) is 11.8 Å². The van der Waals surface area contributed by atoms with E-state index in [4.69, 9.17) is 0 Å². The Morgan fingerprint density at radius 2 is 1.96 bits per heavy atom. The fraction of sp³-hybridized carbons (Fsp3) is 0.833. The highest BCUT2D eigenvalue weighted by molar-refractivity contribution is 8.13. The van der Waals surface area contributed by atoms with Crippen LogP contribution in [-0.4, -0.2) is 52.4 Å². The molecular formula is C18H31N3O3S2. The van der Waals surface area contributed by atoms with Gasteiger partial charge < -0.3 is 16.0 Å². The second kappa shape index (κ2) is 11.7. The van der Waals surface area contributed by atoms with Crippen LogP contribution < -0.4 is 16.0 Å². The lowest BCUT2D eigenvalue weighted by atomic mass is 10.0. The molecule has 2 heterocycles. The molecule has 0 aliphatic carbocycles. The van der Waals surface area contributed by atoms with Gasteiger partial charge in [-0.1, -0.05) is 31.5 Å². The summed E-state index contributed by atoms with van der Waals surface area (Å²) in [5.41, 5.74) is 0. The minimum Gasteiger partial charge on any atom is -0.356 e. The van der Waals surface area contributed by atoms with Gasteiger partial charge in [-0.25, -0.2) is 4.79 Å². The maximum absolute atomic E-state index is 11.9. The largest absolute Gasteiger partial charge is 0.356 e. The van der Waals surface area contributed by atoms with Crippen molar-refractivity contribution in [3.05, 3.63) is 0 Å². The Balaban J connectivity index is 1.42. The number of fused-ring (bicyclic) bond motifs is 1. The van der Waals surface area contributed by atoms with Crippen LogP contribution in [0.2, 0.25) is 0 Å². The van der Waals surface area contributed by atoms with Crippen LogP contribution in [0.3, 0.4) is 0 Å². The van der Waals surface area contributed by atoms with Gasteiger partial charge in [0.15, 0.2) is 5.12 Å². The van der Waals surface area contributed by atoms with Gasteiger partial charge in [-0.3, -0.25) is 9.59 Å². The molecule has 26 heavy (non-hydrogen) atoms. The number of thioether (sulfide) groups is 2. The Morgan fingerprint density at radius 1 is 1.15 bits per heavy atom. The summed E-state index contributed by atoms with van der Waals surface area (Å²) in [6.07, 6.45) is 7.00. The highest BCUT2D eigenvalue weighted by atomic mass is 32.2. The van der Waals surface area contributed by atoms with Crippen molar-refractivity contribution < 1.29 is 14.4 Å². The number of unbranched alkanes of at least 4 members (excludes halogenated alkanes) is 3. The lowest BCUT2D eigenvalue weighted by molar-refractivity contribution is -0.121. The van der Waals surface area contributed by atoms with E-state index in [9.17, 15) is 14.4 Å². The molecule has 0 aromatic carbocycles. The van der Waals surface area contributed by atoms with E-state index in [1.54, 1.807) is 0 Å². The predicted octanol–water partition coefficient (Wildman–Crippen LogP) is 2.67. The van der Waals surface area contributed by atoms with E-state index in [0.717, 1.165) is 50.0 Å². The molecule has 3 atom stereocenters. The summed E-state index contributed by atoms with van der Waals surface area (Å²) in [6, 6.07) is 0.485. The lowest BCUT2D eigenvalue weighted by Gasteiger charge is -2.16. The van der Waals surface area contributed by atoms with Crippen molar-refractivity contribution in [1.29, 1.82) is 0 Å². The first-order valence-electron chi connectivity index (χ1n) is 9.71. The molecule has 6 nitrogen and oxygen atoms in total. The van der Waals surface area contributed by atoms with E-state index >= 15 is 0 Å². The van der Waals surface area contributed by atoms with Crippen molar-refractivity contribution in [2.45, 2.75) is 75.6 Å². The second-order valence-corrected chi connectivity index (χ2v) is 9.43. The number of hydrogen-bond acceptors (Lipinski definition) is 5. The van der Waals surface area contributed by atoms with Crippen molar-refractivity contribution in [3.8, 4) is 0 Å². The van der Waals surface area contributed by atoms with Crippen molar-refractivity contribution in [3.63, 3.8) is 0 Å². The monoisotopic (exact) mass is 401 g/mol. The summed E-state index contributed by atoms with van der Waals surface area (Å²) < 4.78 is 0. The van der Waals surface area contributed by atoms with Gasteiger partial charge in [-0.15, -0.1) is 0 Å². The zero-order valence-corrected chi connectivity index (χ0v) is 17.2. The van der Waals surface area contributed by atoms with Gasteiger partial charge in [-0.05, 0) is 31.4 Å². The molecule has 0 aromatic rings. The van der Waals surface area contributed by atoms with E-state index < -0.39 is 0 Å². The van der Waals surface area contributed by atoms with Gasteiger partial charge in [0.05, 0.1) is 12.1 Å². The Hall–Kier alpha value is -0.890. The number of carbonyl (C=O) groups is 3. The lowest BCUT2D eigenvalue weighted by Crippen LogP contribution is -2.36. The molecule has 0 spiro atoms. The molecule has 148 valence electrons. The zero-order valence-electron chi connectivity index (χ0n) is 15.6. The first kappa shape index (κ1) is 21.4. The fourth-order valence-corrected chi connectivity index (χ4v) is 5.55. The normalized spacial score (nSPS) is 24.0. The Labute approximate surface area is 164 Å². The first-order valence-corrected chi connectivity index (χ1v) is 11.7. The number of nitrogens with one attached hydrogen (secondary N) is 3. The molecule has 0 bridgehead atoms. The first-order chi connectivity index (χ1) is 12.6. The Morgan fingerprint density at radius 3 is 2.77 bits per heavy atom. The third-order valence-electron chi connectivity index (χ3n) is 4.77. The predicted molar refractivity (Wildman–Crippen MR) is 109 cm³/mol. The maximum atomic E-state index is 11.9. The van der Waals surface area contributed by atoms with Crippen LogP contribution in [0.1, 0.15) is 58.3 Å². The average molecular weight is 402 g/mol. The molecule has 2 rings (SSSR count). The Kier molecular flexibility index (Phi) is 9.67. The summed E-state index contributed by atoms with van der Waals surface area (Å²) in [6.45, 7) is 2.69. The molecule has 0 radical (unpaired) electrons. The summed E-state index contributed by atoms with van der Waals surface area (Å²) in [5, 5.41) is 9.66. The average Bonchev–Trinajstić information content (AvgIpc) is 3.14. The minimum absolute atomic E-state index is 0.0434. The van der Waals surface area contributed by atoms with Crippen LogP contribution in [0.15, 0.2) is 0 Å². The van der Waals surface area contributed by atoms with Gasteiger partial charge in [0.1, 0.15) is 0 Å². The molecule has 2 unspecified atom stereocenters. The van der Waals surface area contributed by atoms with Gasteiger partial charge in [0.2, 0.25) is 5.91 Å². The summed E-state index contributed by atoms with van der Waals surface area (Å²) >= 11 is 3.31. The number of rotatable bonds is 12. The Bertz CT molecular complexity index is 490. The maximum Gasteiger partial charge on any atom is 0.315 e. The highest BCUT2D eigenvalue weighted by Gasteiger charge is 2.42. The van der Waals surface area contributed by atoms with Crippen LogP contribution in [0.25, 0.3) is 0 Å². The molecule has 2 aliphatic heterocycles. The fourth-order valence-electron chi connectivity index (χ4n) is 3.39. The molecule has 0 aromatic heterocycles. The standard InChI is InChI=1S/C18H31N3O3S2/c1-2-25-16(23)10-4-3-7-11-19-15(22)9-6-5-8-14-17-13(12-26-14)20-18(24)21-17/h13-14,17H,2-12H2,1H3,(H,19,22)(H2,20,21,24)/t13?,14-,17?/m0/s1. The van der Waals surface area contributed by atoms with Gasteiger partial charge in [0.25, 0.3) is 0 Å². The third kappa shape index (κ3) is 7.39. The minimum atomic E-state index is -0.0434. The van der Waals surface area contributed by atoms with Crippen molar-refractivity contribution in [1.82, 2.24) is 16.0 Å². The molecule has 3 amide bonds. The van der Waals surface area contributed by atoms with Crippen LogP contribution in [0, 0.1) is 0 Å². The van der Waals surface area contributed by atoms with E-state index in [-0.39, 0.29) is 29.1 Å². The SMILES string of the molecule is CCSC(=O)CCCCCNC(=O)CCCC[C@@H]1SCC2NC(=O)NC21. The van der Waals surface area contributed by atoms with Crippen molar-refractivity contribution >= 4 is 40.6 Å². The summed E-state index contributed by atoms with van der Waals surface area (Å²) in [5.74, 6) is 1.95. The van der Waals surface area contributed by atoms with Crippen molar-refractivity contribution in [2.24, 2.45) is 0 Å². The number of carbonyl (C=O) groups excluding carboxylic acids is 3. The van der Waals surface area contributed by atoms with Crippen LogP contribution in [-0.2, 0) is 9.59 Å². The summed E-state index contributed by atoms with van der Waals surface area (Å²) in [4.78, 5) is 34.6. The summed E-state index contributed by atoms with van der Waals surface area (Å²) in [7, 11) is 0. The molecule has 3 N–H and O–H groups in total. The zero-order chi connectivity index (χ0) is 18.8. The number of hydrogen-bond donors (Lipinski definition) is 3. The number of urea groups is 1. The molecule has 2 fully saturated rings. The molecule has 2 saturated heterocycles. The van der Waals surface area contributed by atoms with Crippen LogP contribution >= 0.6 is 23.5 Å². The van der Waals surface area contributed by atoms with Gasteiger partial charge >= 0.3 is 6.03 Å². The highest BCUT2D eigenvalue weighted by Crippen LogP contribution is 2.33. The van der Waals surface area contributed by atoms with Crippen LogP contribution in [0.5, 0.6) is 0 Å². The van der Waals surface area contributed by atoms with Gasteiger partial charge in [-0.2, -0.15) is 11.8 Å². The molecule has 2 aliphatic rings. The van der Waals surface area contributed by atoms with Crippen LogP contribution in [0.4, 0.5) is 4.79 Å². The quantitative estimate of drug-likeness (QED) is 0.346. The molecular weight excluding hydrogens is 370 g/mol. The van der Waals surface area contributed by atoms with E-state index in [2.05, 4.69) is 16.0 Å². The smallest absolute Gasteiger partial charge is 0.315 e. The third-order valence-corrected chi connectivity index (χ3v) is 7.09. The van der Waals surface area contributed by atoms with E-state index in [1.807, 2.05) is 18.7 Å².